The fourth-order valence-electron chi connectivity index (χ4n) is 1.85. The quantitative estimate of drug-likeness (QED) is 0.848. The Balaban J connectivity index is 2.08. The van der Waals surface area contributed by atoms with Crippen molar-refractivity contribution in [1.82, 2.24) is 10.3 Å². The van der Waals surface area contributed by atoms with Gasteiger partial charge < -0.3 is 10.6 Å². The van der Waals surface area contributed by atoms with Gasteiger partial charge >= 0.3 is 0 Å². The predicted octanol–water partition coefficient (Wildman–Crippen LogP) is 3.86. The molecule has 0 fully saturated rings. The van der Waals surface area contributed by atoms with Crippen LogP contribution in [0.5, 0.6) is 0 Å². The summed E-state index contributed by atoms with van der Waals surface area (Å²) >= 11 is 7.54. The van der Waals surface area contributed by atoms with E-state index in [2.05, 4.69) is 22.5 Å². The Labute approximate surface area is 133 Å². The van der Waals surface area contributed by atoms with Crippen LogP contribution < -0.4 is 10.6 Å². The number of carbonyl (C=O) groups is 1. The van der Waals surface area contributed by atoms with Crippen LogP contribution in [-0.2, 0) is 6.54 Å². The number of anilines is 1. The Morgan fingerprint density at radius 1 is 1.43 bits per heavy atom. The molecule has 1 heterocycles. The Kier molecular flexibility index (Phi) is 5.59. The van der Waals surface area contributed by atoms with Gasteiger partial charge in [0.05, 0.1) is 12.1 Å². The number of thiazole rings is 1. The number of amides is 1. The highest BCUT2D eigenvalue weighted by molar-refractivity contribution is 7.09. The zero-order valence-electron chi connectivity index (χ0n) is 12.1. The van der Waals surface area contributed by atoms with Crippen molar-refractivity contribution in [3.05, 3.63) is 44.9 Å². The number of benzene rings is 1. The minimum Gasteiger partial charge on any atom is -0.384 e. The van der Waals surface area contributed by atoms with Gasteiger partial charge in [0.15, 0.2) is 0 Å². The van der Waals surface area contributed by atoms with E-state index in [4.69, 9.17) is 11.6 Å². The van der Waals surface area contributed by atoms with Crippen molar-refractivity contribution in [2.24, 2.45) is 0 Å². The molecule has 0 atom stereocenters. The zero-order chi connectivity index (χ0) is 15.2. The van der Waals surface area contributed by atoms with Crippen molar-refractivity contribution < 1.29 is 4.79 Å². The van der Waals surface area contributed by atoms with Gasteiger partial charge in [0.25, 0.3) is 5.91 Å². The van der Waals surface area contributed by atoms with E-state index in [-0.39, 0.29) is 5.91 Å². The second kappa shape index (κ2) is 7.43. The normalized spacial score (nSPS) is 10.4. The Bertz CT molecular complexity index is 627. The largest absolute Gasteiger partial charge is 0.384 e. The van der Waals surface area contributed by atoms with Crippen LogP contribution in [0.4, 0.5) is 5.69 Å². The maximum Gasteiger partial charge on any atom is 0.253 e. The number of aryl methyl sites for hydroxylation is 1. The highest BCUT2D eigenvalue weighted by atomic mass is 35.5. The SMILES string of the molecule is CCCNc1ccc(Cl)cc1C(=O)NCc1nc(C)cs1. The number of rotatable bonds is 6. The zero-order valence-corrected chi connectivity index (χ0v) is 13.6. The Hall–Kier alpha value is -1.59. The molecule has 0 saturated heterocycles. The van der Waals surface area contributed by atoms with Gasteiger partial charge in [0.1, 0.15) is 5.01 Å². The summed E-state index contributed by atoms with van der Waals surface area (Å²) in [5.74, 6) is -0.149. The Morgan fingerprint density at radius 3 is 2.90 bits per heavy atom. The van der Waals surface area contributed by atoms with Gasteiger partial charge in [-0.05, 0) is 31.5 Å². The lowest BCUT2D eigenvalue weighted by Gasteiger charge is -2.11. The van der Waals surface area contributed by atoms with Crippen LogP contribution in [0.3, 0.4) is 0 Å². The molecule has 1 aromatic carbocycles. The maximum atomic E-state index is 12.3. The van der Waals surface area contributed by atoms with Gasteiger partial charge in [-0.25, -0.2) is 4.98 Å². The summed E-state index contributed by atoms with van der Waals surface area (Å²) in [5, 5.41) is 9.53. The molecule has 0 aliphatic carbocycles. The summed E-state index contributed by atoms with van der Waals surface area (Å²) in [6, 6.07) is 5.29. The van der Waals surface area contributed by atoms with Crippen molar-refractivity contribution >= 4 is 34.5 Å². The third-order valence-electron chi connectivity index (χ3n) is 2.86. The molecule has 0 aliphatic rings. The summed E-state index contributed by atoms with van der Waals surface area (Å²) in [4.78, 5) is 16.7. The van der Waals surface area contributed by atoms with Crippen LogP contribution in [0.1, 0.15) is 34.4 Å². The smallest absolute Gasteiger partial charge is 0.253 e. The number of aromatic nitrogens is 1. The average Bonchev–Trinajstić information content (AvgIpc) is 2.89. The molecule has 21 heavy (non-hydrogen) atoms. The van der Waals surface area contributed by atoms with Crippen molar-refractivity contribution in [3.8, 4) is 0 Å². The molecule has 6 heteroatoms. The highest BCUT2D eigenvalue weighted by Crippen LogP contribution is 2.21. The summed E-state index contributed by atoms with van der Waals surface area (Å²) in [6.45, 7) is 5.25. The summed E-state index contributed by atoms with van der Waals surface area (Å²) in [7, 11) is 0. The molecule has 0 unspecified atom stereocenters. The van der Waals surface area contributed by atoms with E-state index in [1.165, 1.54) is 0 Å². The van der Waals surface area contributed by atoms with Crippen molar-refractivity contribution in [3.63, 3.8) is 0 Å². The number of carbonyl (C=O) groups excluding carboxylic acids is 1. The van der Waals surface area contributed by atoms with E-state index in [9.17, 15) is 4.79 Å². The molecular formula is C15H18ClN3OS. The van der Waals surface area contributed by atoms with Crippen LogP contribution in [-0.4, -0.2) is 17.4 Å². The maximum absolute atomic E-state index is 12.3. The first-order valence-electron chi connectivity index (χ1n) is 6.82. The molecule has 2 aromatic rings. The summed E-state index contributed by atoms with van der Waals surface area (Å²) < 4.78 is 0. The molecule has 0 bridgehead atoms. The van der Waals surface area contributed by atoms with E-state index in [1.807, 2.05) is 18.4 Å². The molecule has 2 rings (SSSR count). The van der Waals surface area contributed by atoms with Crippen LogP contribution in [0.15, 0.2) is 23.6 Å². The van der Waals surface area contributed by atoms with E-state index < -0.39 is 0 Å². The van der Waals surface area contributed by atoms with Crippen LogP contribution in [0.25, 0.3) is 0 Å². The van der Waals surface area contributed by atoms with Gasteiger partial charge in [-0.1, -0.05) is 18.5 Å². The molecule has 0 aliphatic heterocycles. The lowest BCUT2D eigenvalue weighted by Crippen LogP contribution is -2.24. The number of hydrogen-bond donors (Lipinski definition) is 2. The second-order valence-electron chi connectivity index (χ2n) is 4.68. The monoisotopic (exact) mass is 323 g/mol. The lowest BCUT2D eigenvalue weighted by atomic mass is 10.1. The number of nitrogens with zero attached hydrogens (tertiary/aromatic N) is 1. The summed E-state index contributed by atoms with van der Waals surface area (Å²) in [6.07, 6.45) is 0.988. The Morgan fingerprint density at radius 2 is 2.24 bits per heavy atom. The molecule has 0 spiro atoms. The first kappa shape index (κ1) is 15.8. The van der Waals surface area contributed by atoms with E-state index in [1.54, 1.807) is 23.5 Å². The van der Waals surface area contributed by atoms with Gasteiger partial charge in [0.2, 0.25) is 0 Å². The third-order valence-corrected chi connectivity index (χ3v) is 4.06. The minimum absolute atomic E-state index is 0.149. The molecule has 1 amide bonds. The third kappa shape index (κ3) is 4.44. The first-order chi connectivity index (χ1) is 10.1. The van der Waals surface area contributed by atoms with Gasteiger partial charge in [-0.2, -0.15) is 0 Å². The van der Waals surface area contributed by atoms with Crippen molar-refractivity contribution in [2.45, 2.75) is 26.8 Å². The molecule has 0 radical (unpaired) electrons. The topological polar surface area (TPSA) is 54.0 Å². The van der Waals surface area contributed by atoms with E-state index in [0.29, 0.717) is 17.1 Å². The van der Waals surface area contributed by atoms with Gasteiger partial charge in [0, 0.05) is 28.3 Å². The van der Waals surface area contributed by atoms with E-state index in [0.717, 1.165) is 29.4 Å². The number of halogens is 1. The predicted molar refractivity (Wildman–Crippen MR) is 88.3 cm³/mol. The second-order valence-corrected chi connectivity index (χ2v) is 6.06. The number of hydrogen-bond acceptors (Lipinski definition) is 4. The van der Waals surface area contributed by atoms with Crippen molar-refractivity contribution in [1.29, 1.82) is 0 Å². The van der Waals surface area contributed by atoms with Gasteiger partial charge in [-0.15, -0.1) is 11.3 Å². The minimum atomic E-state index is -0.149. The van der Waals surface area contributed by atoms with Gasteiger partial charge in [-0.3, -0.25) is 4.79 Å². The molecule has 1 aromatic heterocycles. The molecule has 2 N–H and O–H groups in total. The van der Waals surface area contributed by atoms with E-state index >= 15 is 0 Å². The molecule has 0 saturated carbocycles. The highest BCUT2D eigenvalue weighted by Gasteiger charge is 2.12. The van der Waals surface area contributed by atoms with Crippen LogP contribution in [0.2, 0.25) is 5.02 Å². The first-order valence-corrected chi connectivity index (χ1v) is 8.08. The fourth-order valence-corrected chi connectivity index (χ4v) is 2.74. The average molecular weight is 324 g/mol. The molecular weight excluding hydrogens is 306 g/mol. The number of nitrogens with one attached hydrogen (secondary N) is 2. The van der Waals surface area contributed by atoms with Crippen LogP contribution >= 0.6 is 22.9 Å². The molecule has 112 valence electrons. The lowest BCUT2D eigenvalue weighted by molar-refractivity contribution is 0.0951. The van der Waals surface area contributed by atoms with Crippen molar-refractivity contribution in [2.75, 3.05) is 11.9 Å². The fraction of sp³-hybridized carbons (Fsp3) is 0.333. The van der Waals surface area contributed by atoms with Crippen LogP contribution in [0, 0.1) is 6.92 Å². The summed E-state index contributed by atoms with van der Waals surface area (Å²) in [5.41, 5.74) is 2.33. The molecule has 4 nitrogen and oxygen atoms in total. The standard InChI is InChI=1S/C15H18ClN3OS/c1-3-6-17-13-5-4-11(16)7-12(13)15(20)18-8-14-19-10(2)9-21-14/h4-5,7,9,17H,3,6,8H2,1-2H3,(H,18,20).